The van der Waals surface area contributed by atoms with Gasteiger partial charge in [0.05, 0.1) is 0 Å². The van der Waals surface area contributed by atoms with Crippen LogP contribution in [-0.4, -0.2) is 49.6 Å². The summed E-state index contributed by atoms with van der Waals surface area (Å²) in [7, 11) is 2.19. The van der Waals surface area contributed by atoms with Crippen molar-refractivity contribution in [1.29, 1.82) is 0 Å². The molecule has 1 aliphatic heterocycles. The van der Waals surface area contributed by atoms with E-state index in [4.69, 9.17) is 27.9 Å². The lowest BCUT2D eigenvalue weighted by Crippen LogP contribution is -2.44. The summed E-state index contributed by atoms with van der Waals surface area (Å²) < 4.78 is 6.05. The molecule has 0 spiro atoms. The molecule has 2 aromatic carbocycles. The average molecular weight is 393 g/mol. The zero-order valence-corrected chi connectivity index (χ0v) is 16.8. The third kappa shape index (κ3) is 5.88. The molecular formula is C21H26Cl2N2O. The highest BCUT2D eigenvalue weighted by Crippen LogP contribution is 2.25. The van der Waals surface area contributed by atoms with Crippen molar-refractivity contribution < 1.29 is 4.74 Å². The topological polar surface area (TPSA) is 15.7 Å². The Hall–Kier alpha value is -1.26. The Morgan fingerprint density at radius 1 is 0.923 bits per heavy atom. The number of benzene rings is 2. The van der Waals surface area contributed by atoms with Gasteiger partial charge in [-0.1, -0.05) is 35.3 Å². The molecule has 0 amide bonds. The predicted octanol–water partition coefficient (Wildman–Crippen LogP) is 4.75. The van der Waals surface area contributed by atoms with E-state index in [-0.39, 0.29) is 0 Å². The van der Waals surface area contributed by atoms with Gasteiger partial charge in [-0.2, -0.15) is 0 Å². The minimum absolute atomic E-state index is 0.532. The van der Waals surface area contributed by atoms with Crippen LogP contribution < -0.4 is 4.74 Å². The Labute approximate surface area is 166 Å². The molecule has 0 N–H and O–H groups in total. The van der Waals surface area contributed by atoms with E-state index in [2.05, 4.69) is 16.8 Å². The van der Waals surface area contributed by atoms with Crippen LogP contribution in [0.3, 0.4) is 0 Å². The number of hydrogen-bond acceptors (Lipinski definition) is 3. The second-order valence-corrected chi connectivity index (χ2v) is 7.79. The number of halogens is 2. The molecule has 1 saturated heterocycles. The van der Waals surface area contributed by atoms with Crippen molar-refractivity contribution in [1.82, 2.24) is 9.80 Å². The Kier molecular flexibility index (Phi) is 7.21. The maximum atomic E-state index is 6.21. The van der Waals surface area contributed by atoms with Crippen LogP contribution in [0, 0.1) is 0 Å². The first-order chi connectivity index (χ1) is 12.6. The maximum absolute atomic E-state index is 6.21. The summed E-state index contributed by atoms with van der Waals surface area (Å²) in [5, 5.41) is 1.50. The predicted molar refractivity (Wildman–Crippen MR) is 109 cm³/mol. The van der Waals surface area contributed by atoms with Crippen LogP contribution in [0.15, 0.2) is 42.5 Å². The fourth-order valence-electron chi connectivity index (χ4n) is 3.19. The summed E-state index contributed by atoms with van der Waals surface area (Å²) in [6.07, 6.45) is 2.09. The van der Waals surface area contributed by atoms with Crippen molar-refractivity contribution in [3.63, 3.8) is 0 Å². The van der Waals surface area contributed by atoms with Gasteiger partial charge in [-0.05, 0) is 67.9 Å². The smallest absolute Gasteiger partial charge is 0.123 e. The van der Waals surface area contributed by atoms with Crippen LogP contribution in [0.4, 0.5) is 0 Å². The molecule has 5 heteroatoms. The largest absolute Gasteiger partial charge is 0.489 e. The molecule has 1 heterocycles. The number of aryl methyl sites for hydroxylation is 1. The molecule has 2 aromatic rings. The van der Waals surface area contributed by atoms with Crippen molar-refractivity contribution >= 4 is 23.2 Å². The van der Waals surface area contributed by atoms with Gasteiger partial charge >= 0.3 is 0 Å². The van der Waals surface area contributed by atoms with Crippen molar-refractivity contribution in [3.8, 4) is 5.75 Å². The lowest BCUT2D eigenvalue weighted by atomic mass is 10.1. The fraction of sp³-hybridized carbons (Fsp3) is 0.429. The molecule has 0 aliphatic carbocycles. The number of nitrogens with zero attached hydrogens (tertiary/aromatic N) is 2. The molecule has 140 valence electrons. The highest BCUT2D eigenvalue weighted by Gasteiger charge is 2.13. The number of likely N-dealkylation sites (N-methyl/N-ethyl adjacent to an activating group) is 1. The first-order valence-electron chi connectivity index (χ1n) is 9.17. The summed E-state index contributed by atoms with van der Waals surface area (Å²) >= 11 is 12.1. The number of rotatable bonds is 7. The summed E-state index contributed by atoms with van der Waals surface area (Å²) in [4.78, 5) is 4.93. The highest BCUT2D eigenvalue weighted by atomic mass is 35.5. The fourth-order valence-corrected chi connectivity index (χ4v) is 3.51. The second-order valence-electron chi connectivity index (χ2n) is 6.92. The average Bonchev–Trinajstić information content (AvgIpc) is 2.64. The molecule has 0 radical (unpaired) electrons. The van der Waals surface area contributed by atoms with Gasteiger partial charge < -0.3 is 14.5 Å². The van der Waals surface area contributed by atoms with Gasteiger partial charge in [0, 0.05) is 36.2 Å². The van der Waals surface area contributed by atoms with Crippen LogP contribution >= 0.6 is 23.2 Å². The number of piperazine rings is 1. The van der Waals surface area contributed by atoms with Crippen molar-refractivity contribution in [2.75, 3.05) is 39.8 Å². The van der Waals surface area contributed by atoms with Gasteiger partial charge in [0.1, 0.15) is 12.4 Å². The van der Waals surface area contributed by atoms with E-state index in [1.165, 1.54) is 5.56 Å². The van der Waals surface area contributed by atoms with E-state index in [0.29, 0.717) is 6.61 Å². The standard InChI is InChI=1S/C21H26Cl2N2O/c1-24-11-13-25(14-12-24)10-2-3-18-15-20(23)8-9-21(18)26-16-17-4-6-19(22)7-5-17/h4-9,15H,2-3,10-14,16H2,1H3. The van der Waals surface area contributed by atoms with Gasteiger partial charge in [-0.15, -0.1) is 0 Å². The summed E-state index contributed by atoms with van der Waals surface area (Å²) in [5.41, 5.74) is 2.29. The maximum Gasteiger partial charge on any atom is 0.123 e. The SMILES string of the molecule is CN1CCN(CCCc2cc(Cl)ccc2OCc2ccc(Cl)cc2)CC1. The molecule has 1 fully saturated rings. The molecule has 0 atom stereocenters. The van der Waals surface area contributed by atoms with Crippen LogP contribution in [0.25, 0.3) is 0 Å². The lowest BCUT2D eigenvalue weighted by Gasteiger charge is -2.32. The highest BCUT2D eigenvalue weighted by molar-refractivity contribution is 6.30. The molecule has 1 aliphatic rings. The number of ether oxygens (including phenoxy) is 1. The molecule has 0 unspecified atom stereocenters. The molecule has 3 nitrogen and oxygen atoms in total. The molecule has 0 aromatic heterocycles. The quantitative estimate of drug-likeness (QED) is 0.675. The summed E-state index contributed by atoms with van der Waals surface area (Å²) in [6, 6.07) is 13.7. The third-order valence-electron chi connectivity index (χ3n) is 4.85. The molecule has 0 bridgehead atoms. The molecule has 3 rings (SSSR count). The normalized spacial score (nSPS) is 16.0. The molecule has 0 saturated carbocycles. The van der Waals surface area contributed by atoms with Gasteiger partial charge in [0.15, 0.2) is 0 Å². The van der Waals surface area contributed by atoms with E-state index in [0.717, 1.165) is 66.9 Å². The summed E-state index contributed by atoms with van der Waals surface area (Å²) in [6.45, 7) is 6.29. The first kappa shape index (κ1) is 19.5. The summed E-state index contributed by atoms with van der Waals surface area (Å²) in [5.74, 6) is 0.919. The number of hydrogen-bond donors (Lipinski definition) is 0. The Morgan fingerprint density at radius 2 is 1.62 bits per heavy atom. The van der Waals surface area contributed by atoms with Crippen molar-refractivity contribution in [2.45, 2.75) is 19.4 Å². The van der Waals surface area contributed by atoms with E-state index in [9.17, 15) is 0 Å². The second kappa shape index (κ2) is 9.61. The van der Waals surface area contributed by atoms with Crippen molar-refractivity contribution in [2.24, 2.45) is 0 Å². The Balaban J connectivity index is 1.54. The minimum Gasteiger partial charge on any atom is -0.489 e. The minimum atomic E-state index is 0.532. The van der Waals surface area contributed by atoms with Crippen LogP contribution in [0.5, 0.6) is 5.75 Å². The van der Waals surface area contributed by atoms with E-state index < -0.39 is 0 Å². The van der Waals surface area contributed by atoms with Crippen LogP contribution in [-0.2, 0) is 13.0 Å². The van der Waals surface area contributed by atoms with E-state index in [1.807, 2.05) is 42.5 Å². The lowest BCUT2D eigenvalue weighted by molar-refractivity contribution is 0.153. The van der Waals surface area contributed by atoms with E-state index >= 15 is 0 Å². The third-order valence-corrected chi connectivity index (χ3v) is 5.33. The van der Waals surface area contributed by atoms with E-state index in [1.54, 1.807) is 0 Å². The van der Waals surface area contributed by atoms with Crippen molar-refractivity contribution in [3.05, 3.63) is 63.6 Å². The van der Waals surface area contributed by atoms with Gasteiger partial charge in [-0.3, -0.25) is 0 Å². The van der Waals surface area contributed by atoms with Gasteiger partial charge in [-0.25, -0.2) is 0 Å². The van der Waals surface area contributed by atoms with Crippen LogP contribution in [0.1, 0.15) is 17.5 Å². The first-order valence-corrected chi connectivity index (χ1v) is 9.92. The zero-order chi connectivity index (χ0) is 18.4. The Morgan fingerprint density at radius 3 is 2.35 bits per heavy atom. The van der Waals surface area contributed by atoms with Gasteiger partial charge in [0.2, 0.25) is 0 Å². The van der Waals surface area contributed by atoms with Gasteiger partial charge in [0.25, 0.3) is 0 Å². The molecule has 26 heavy (non-hydrogen) atoms. The zero-order valence-electron chi connectivity index (χ0n) is 15.3. The van der Waals surface area contributed by atoms with Crippen LogP contribution in [0.2, 0.25) is 10.0 Å². The Bertz CT molecular complexity index is 698. The molecular weight excluding hydrogens is 367 g/mol. The monoisotopic (exact) mass is 392 g/mol.